The molecule has 2 rings (SSSR count). The molecule has 24 heavy (non-hydrogen) atoms. The highest BCUT2D eigenvalue weighted by atomic mass is 16.5. The van der Waals surface area contributed by atoms with Crippen LogP contribution in [-0.4, -0.2) is 47.4 Å². The predicted octanol–water partition coefficient (Wildman–Crippen LogP) is 2.23. The van der Waals surface area contributed by atoms with Gasteiger partial charge in [0, 0.05) is 25.1 Å². The number of ether oxygens (including phenoxy) is 1. The van der Waals surface area contributed by atoms with Crippen LogP contribution in [-0.2, 0) is 9.59 Å². The van der Waals surface area contributed by atoms with Gasteiger partial charge >= 0.3 is 5.97 Å². The highest BCUT2D eigenvalue weighted by Crippen LogP contribution is 2.24. The van der Waals surface area contributed by atoms with E-state index in [0.29, 0.717) is 37.3 Å². The molecule has 1 amide bonds. The van der Waals surface area contributed by atoms with Crippen LogP contribution < -0.4 is 4.74 Å². The number of benzene rings is 1. The summed E-state index contributed by atoms with van der Waals surface area (Å²) in [5, 5.41) is 9.10. The number of carboxylic acid groups (broad SMARTS) is 1. The lowest BCUT2D eigenvalue weighted by Gasteiger charge is -2.16. The van der Waals surface area contributed by atoms with Crippen LogP contribution >= 0.6 is 0 Å². The van der Waals surface area contributed by atoms with Crippen molar-refractivity contribution >= 4 is 17.7 Å². The molecule has 1 saturated heterocycles. The van der Waals surface area contributed by atoms with Crippen molar-refractivity contribution in [1.29, 1.82) is 0 Å². The maximum Gasteiger partial charge on any atom is 0.308 e. The lowest BCUT2D eigenvalue weighted by Crippen LogP contribution is -2.30. The van der Waals surface area contributed by atoms with Gasteiger partial charge in [-0.1, -0.05) is 19.1 Å². The number of carboxylic acids is 1. The van der Waals surface area contributed by atoms with E-state index in [2.05, 4.69) is 0 Å². The van der Waals surface area contributed by atoms with Crippen molar-refractivity contribution in [2.75, 3.05) is 19.7 Å². The molecule has 0 aliphatic carbocycles. The summed E-state index contributed by atoms with van der Waals surface area (Å²) < 4.78 is 5.57. The Labute approximate surface area is 141 Å². The first kappa shape index (κ1) is 18.0. The van der Waals surface area contributed by atoms with Gasteiger partial charge in [0.05, 0.1) is 12.5 Å². The smallest absolute Gasteiger partial charge is 0.308 e. The quantitative estimate of drug-likeness (QED) is 0.611. The molecule has 1 aromatic rings. The number of nitrogens with zero attached hydrogens (tertiary/aromatic N) is 1. The first-order valence-corrected chi connectivity index (χ1v) is 8.13. The van der Waals surface area contributed by atoms with Crippen molar-refractivity contribution < 1.29 is 24.2 Å². The van der Waals surface area contributed by atoms with E-state index in [1.807, 2.05) is 6.92 Å². The zero-order chi connectivity index (χ0) is 17.7. The van der Waals surface area contributed by atoms with E-state index < -0.39 is 11.9 Å². The number of carbonyl (C=O) groups is 3. The molecule has 1 aliphatic rings. The maximum atomic E-state index is 12.1. The van der Waals surface area contributed by atoms with Crippen molar-refractivity contribution in [1.82, 2.24) is 4.90 Å². The third-order valence-electron chi connectivity index (χ3n) is 4.33. The third-order valence-corrected chi connectivity index (χ3v) is 4.33. The largest absolute Gasteiger partial charge is 0.494 e. The Kier molecular flexibility index (Phi) is 5.95. The first-order chi connectivity index (χ1) is 11.4. The van der Waals surface area contributed by atoms with Gasteiger partial charge in [-0.05, 0) is 31.4 Å². The molecule has 1 N–H and O–H groups in total. The van der Waals surface area contributed by atoms with E-state index in [-0.39, 0.29) is 24.2 Å². The number of ketones is 1. The molecule has 0 bridgehead atoms. The van der Waals surface area contributed by atoms with Gasteiger partial charge in [-0.2, -0.15) is 0 Å². The second kappa shape index (κ2) is 7.95. The lowest BCUT2D eigenvalue weighted by molar-refractivity contribution is -0.142. The molecule has 1 aromatic carbocycles. The number of Topliss-reactive ketones (excluding diaryl/α,β-unsaturated/α-hetero) is 1. The molecule has 0 unspecified atom stereocenters. The van der Waals surface area contributed by atoms with Gasteiger partial charge in [0.25, 0.3) is 0 Å². The number of hydrogen-bond acceptors (Lipinski definition) is 4. The molecule has 1 aliphatic heterocycles. The third kappa shape index (κ3) is 4.57. The van der Waals surface area contributed by atoms with Crippen molar-refractivity contribution in [2.24, 2.45) is 11.8 Å². The van der Waals surface area contributed by atoms with Crippen LogP contribution in [0, 0.1) is 11.8 Å². The zero-order valence-corrected chi connectivity index (χ0v) is 14.0. The highest BCUT2D eigenvalue weighted by molar-refractivity contribution is 5.94. The second-order valence-corrected chi connectivity index (χ2v) is 6.26. The van der Waals surface area contributed by atoms with Crippen LogP contribution in [0.5, 0.6) is 5.75 Å². The van der Waals surface area contributed by atoms with E-state index in [1.165, 1.54) is 6.92 Å². The highest BCUT2D eigenvalue weighted by Gasteiger charge is 2.36. The first-order valence-electron chi connectivity index (χ1n) is 8.13. The Balaban J connectivity index is 1.75. The number of carbonyl (C=O) groups excluding carboxylic acids is 2. The van der Waals surface area contributed by atoms with E-state index in [4.69, 9.17) is 9.84 Å². The van der Waals surface area contributed by atoms with Gasteiger partial charge in [0.2, 0.25) is 5.91 Å². The predicted molar refractivity (Wildman–Crippen MR) is 88.0 cm³/mol. The summed E-state index contributed by atoms with van der Waals surface area (Å²) in [6.45, 7) is 4.52. The minimum atomic E-state index is -0.841. The normalized spacial score (nSPS) is 20.0. The van der Waals surface area contributed by atoms with Crippen molar-refractivity contribution in [3.05, 3.63) is 29.8 Å². The van der Waals surface area contributed by atoms with Gasteiger partial charge in [-0.3, -0.25) is 14.4 Å². The molecule has 2 atom stereocenters. The monoisotopic (exact) mass is 333 g/mol. The van der Waals surface area contributed by atoms with Crippen LogP contribution in [0.25, 0.3) is 0 Å². The Morgan fingerprint density at radius 1 is 1.29 bits per heavy atom. The second-order valence-electron chi connectivity index (χ2n) is 6.26. The minimum Gasteiger partial charge on any atom is -0.494 e. The van der Waals surface area contributed by atoms with Crippen LogP contribution in [0.4, 0.5) is 0 Å². The summed E-state index contributed by atoms with van der Waals surface area (Å²) in [7, 11) is 0. The molecule has 1 fully saturated rings. The topological polar surface area (TPSA) is 83.9 Å². The summed E-state index contributed by atoms with van der Waals surface area (Å²) in [4.78, 5) is 36.2. The SMILES string of the molecule is CC(=O)c1cccc(OCCCC(=O)N2C[C@@H](C)[C@H](C(=O)O)C2)c1. The van der Waals surface area contributed by atoms with E-state index in [0.717, 1.165) is 0 Å². The van der Waals surface area contributed by atoms with Crippen LogP contribution in [0.15, 0.2) is 24.3 Å². The number of amides is 1. The van der Waals surface area contributed by atoms with Crippen LogP contribution in [0.2, 0.25) is 0 Å². The average molecular weight is 333 g/mol. The fourth-order valence-corrected chi connectivity index (χ4v) is 2.87. The minimum absolute atomic E-state index is 0.0166. The van der Waals surface area contributed by atoms with Crippen LogP contribution in [0.1, 0.15) is 37.0 Å². The van der Waals surface area contributed by atoms with Crippen molar-refractivity contribution in [3.8, 4) is 5.75 Å². The molecule has 1 heterocycles. The average Bonchev–Trinajstić information content (AvgIpc) is 2.94. The molecule has 130 valence electrons. The molecule has 0 spiro atoms. The Bertz CT molecular complexity index is 628. The van der Waals surface area contributed by atoms with Crippen LogP contribution in [0.3, 0.4) is 0 Å². The summed E-state index contributed by atoms with van der Waals surface area (Å²) in [6, 6.07) is 6.94. The van der Waals surface area contributed by atoms with Gasteiger partial charge in [0.15, 0.2) is 5.78 Å². The van der Waals surface area contributed by atoms with Gasteiger partial charge in [-0.15, -0.1) is 0 Å². The summed E-state index contributed by atoms with van der Waals surface area (Å²) in [5.41, 5.74) is 0.592. The summed E-state index contributed by atoms with van der Waals surface area (Å²) in [5.74, 6) is -0.780. The van der Waals surface area contributed by atoms with E-state index in [9.17, 15) is 14.4 Å². The number of aliphatic carboxylic acids is 1. The molecular formula is C18H23NO5. The van der Waals surface area contributed by atoms with Crippen molar-refractivity contribution in [2.45, 2.75) is 26.7 Å². The molecule has 6 nitrogen and oxygen atoms in total. The Morgan fingerprint density at radius 3 is 2.67 bits per heavy atom. The summed E-state index contributed by atoms with van der Waals surface area (Å²) in [6.07, 6.45) is 0.872. The molecule has 0 radical (unpaired) electrons. The zero-order valence-electron chi connectivity index (χ0n) is 14.0. The molecule has 0 aromatic heterocycles. The van der Waals surface area contributed by atoms with Gasteiger partial charge < -0.3 is 14.7 Å². The lowest BCUT2D eigenvalue weighted by atomic mass is 9.99. The van der Waals surface area contributed by atoms with E-state index >= 15 is 0 Å². The maximum absolute atomic E-state index is 12.1. The Morgan fingerprint density at radius 2 is 2.04 bits per heavy atom. The number of hydrogen-bond donors (Lipinski definition) is 1. The fourth-order valence-electron chi connectivity index (χ4n) is 2.87. The fraction of sp³-hybridized carbons (Fsp3) is 0.500. The van der Waals surface area contributed by atoms with E-state index in [1.54, 1.807) is 29.2 Å². The molecule has 6 heteroatoms. The van der Waals surface area contributed by atoms with Gasteiger partial charge in [-0.25, -0.2) is 0 Å². The Hall–Kier alpha value is -2.37. The standard InChI is InChI=1S/C18H23NO5/c1-12-10-19(11-16(12)18(22)23)17(21)7-4-8-24-15-6-3-5-14(9-15)13(2)20/h3,5-6,9,12,16H,4,7-8,10-11H2,1-2H3,(H,22,23)/t12-,16-/m1/s1. The molecule has 0 saturated carbocycles. The van der Waals surface area contributed by atoms with Gasteiger partial charge in [0.1, 0.15) is 5.75 Å². The summed E-state index contributed by atoms with van der Waals surface area (Å²) >= 11 is 0. The number of likely N-dealkylation sites (tertiary alicyclic amines) is 1. The number of rotatable bonds is 7. The molecular weight excluding hydrogens is 310 g/mol. The van der Waals surface area contributed by atoms with Crippen molar-refractivity contribution in [3.63, 3.8) is 0 Å².